The van der Waals surface area contributed by atoms with Crippen LogP contribution in [0.2, 0.25) is 0 Å². The second kappa shape index (κ2) is 6.06. The van der Waals surface area contributed by atoms with Crippen molar-refractivity contribution in [2.75, 3.05) is 18.6 Å². The molecule has 0 amide bonds. The molecule has 134 valence electrons. The van der Waals surface area contributed by atoms with E-state index >= 15 is 0 Å². The minimum atomic E-state index is -4.84. The van der Waals surface area contributed by atoms with Gasteiger partial charge in [-0.05, 0) is 0 Å². The number of aromatic nitrogens is 2. The highest BCUT2D eigenvalue weighted by Crippen LogP contribution is 2.39. The Morgan fingerprint density at radius 1 is 1.46 bits per heavy atom. The molecule has 13 nitrogen and oxygen atoms in total. The predicted molar refractivity (Wildman–Crippen MR) is 75.5 cm³/mol. The van der Waals surface area contributed by atoms with Crippen molar-refractivity contribution in [2.45, 2.75) is 24.5 Å². The molecule has 4 atom stereocenters. The highest BCUT2D eigenvalue weighted by atomic mass is 31.2. The van der Waals surface area contributed by atoms with E-state index in [9.17, 15) is 14.8 Å². The molecule has 0 aliphatic carbocycles. The van der Waals surface area contributed by atoms with E-state index in [1.807, 2.05) is 0 Å². The van der Waals surface area contributed by atoms with Gasteiger partial charge in [0.05, 0.1) is 12.9 Å². The number of anilines is 1. The molecule has 1 aromatic heterocycles. The van der Waals surface area contributed by atoms with Gasteiger partial charge < -0.3 is 35.2 Å². The van der Waals surface area contributed by atoms with E-state index < -0.39 is 44.8 Å². The lowest BCUT2D eigenvalue weighted by molar-refractivity contribution is -0.0523. The van der Waals surface area contributed by atoms with Crippen LogP contribution in [0.25, 0.3) is 0 Å². The van der Waals surface area contributed by atoms with Crippen LogP contribution in [0, 0.1) is 5.41 Å². The maximum atomic E-state index is 10.9. The van der Waals surface area contributed by atoms with Crippen LogP contribution in [0.3, 0.4) is 0 Å². The molecular formula is C10H16N5O8P. The van der Waals surface area contributed by atoms with Crippen LogP contribution in [0.5, 0.6) is 0 Å². The third kappa shape index (κ3) is 2.92. The van der Waals surface area contributed by atoms with E-state index in [0.29, 0.717) is 5.06 Å². The van der Waals surface area contributed by atoms with Crippen molar-refractivity contribution in [3.05, 3.63) is 12.0 Å². The Morgan fingerprint density at radius 3 is 2.75 bits per heavy atom. The largest absolute Gasteiger partial charge is 0.491 e. The molecule has 1 saturated heterocycles. The van der Waals surface area contributed by atoms with Gasteiger partial charge in [0.15, 0.2) is 12.1 Å². The number of hydroxylamine groups is 2. The number of nitrogens with one attached hydrogen (secondary N) is 2. The summed E-state index contributed by atoms with van der Waals surface area (Å²) >= 11 is 0. The van der Waals surface area contributed by atoms with Crippen LogP contribution in [-0.2, 0) is 13.9 Å². The summed E-state index contributed by atoms with van der Waals surface area (Å²) in [5.74, 6) is -0.169. The Bertz CT molecular complexity index is 691. The summed E-state index contributed by atoms with van der Waals surface area (Å²) in [5.41, 5.74) is 0.00689. The molecule has 2 aliphatic rings. The van der Waals surface area contributed by atoms with Gasteiger partial charge in [-0.25, -0.2) is 14.6 Å². The summed E-state index contributed by atoms with van der Waals surface area (Å²) in [6, 6.07) is 0. The quantitative estimate of drug-likeness (QED) is 0.279. The van der Waals surface area contributed by atoms with E-state index in [-0.39, 0.29) is 18.2 Å². The molecule has 7 N–H and O–H groups in total. The van der Waals surface area contributed by atoms with E-state index in [1.54, 1.807) is 0 Å². The van der Waals surface area contributed by atoms with Crippen molar-refractivity contribution in [2.24, 2.45) is 0 Å². The second-order valence-corrected chi connectivity index (χ2v) is 6.36. The number of ether oxygens (including phenoxy) is 1. The van der Waals surface area contributed by atoms with E-state index in [2.05, 4.69) is 14.9 Å². The van der Waals surface area contributed by atoms with Gasteiger partial charge in [-0.3, -0.25) is 9.98 Å². The van der Waals surface area contributed by atoms with Crippen molar-refractivity contribution >= 4 is 19.5 Å². The SMILES string of the molecule is N=C1c2ncn([C@@H]3O[C@H](CO)[C@@H](O)[C@H]3O)c2NCN1OP(=O)(O)O. The molecule has 14 heteroatoms. The van der Waals surface area contributed by atoms with Gasteiger partial charge in [0.2, 0.25) is 0 Å². The van der Waals surface area contributed by atoms with Crippen LogP contribution in [0.4, 0.5) is 5.82 Å². The monoisotopic (exact) mass is 365 g/mol. The maximum Gasteiger partial charge on any atom is 0.491 e. The number of amidine groups is 1. The Labute approximate surface area is 134 Å². The molecule has 0 aromatic carbocycles. The summed E-state index contributed by atoms with van der Waals surface area (Å²) in [7, 11) is -4.84. The van der Waals surface area contributed by atoms with Gasteiger partial charge in [-0.15, -0.1) is 0 Å². The average molecular weight is 365 g/mol. The third-order valence-electron chi connectivity index (χ3n) is 3.65. The number of nitrogens with zero attached hydrogens (tertiary/aromatic N) is 3. The molecule has 1 fully saturated rings. The van der Waals surface area contributed by atoms with Crippen LogP contribution in [-0.4, -0.2) is 77.1 Å². The number of phosphoric acid groups is 1. The zero-order valence-electron chi connectivity index (χ0n) is 12.1. The lowest BCUT2D eigenvalue weighted by atomic mass is 10.1. The molecule has 0 radical (unpaired) electrons. The summed E-state index contributed by atoms with van der Waals surface area (Å²) in [6.07, 6.45) is -3.42. The highest BCUT2D eigenvalue weighted by molar-refractivity contribution is 7.46. The molecular weight excluding hydrogens is 349 g/mol. The van der Waals surface area contributed by atoms with E-state index in [1.165, 1.54) is 10.9 Å². The minimum absolute atomic E-state index is 0.00689. The lowest BCUT2D eigenvalue weighted by Crippen LogP contribution is -2.40. The molecule has 2 aliphatic heterocycles. The first-order valence-electron chi connectivity index (χ1n) is 6.78. The van der Waals surface area contributed by atoms with E-state index in [4.69, 9.17) is 25.0 Å². The van der Waals surface area contributed by atoms with Gasteiger partial charge in [0, 0.05) is 0 Å². The fourth-order valence-electron chi connectivity index (χ4n) is 2.55. The van der Waals surface area contributed by atoms with Crippen LogP contribution in [0.1, 0.15) is 11.9 Å². The minimum Gasteiger partial charge on any atom is -0.394 e. The molecule has 0 unspecified atom stereocenters. The van der Waals surface area contributed by atoms with Crippen LogP contribution < -0.4 is 5.32 Å². The summed E-state index contributed by atoms with van der Waals surface area (Å²) in [4.78, 5) is 21.6. The molecule has 0 bridgehead atoms. The Morgan fingerprint density at radius 2 is 2.17 bits per heavy atom. The Balaban J connectivity index is 1.85. The first kappa shape index (κ1) is 17.3. The summed E-state index contributed by atoms with van der Waals surface area (Å²) in [6.45, 7) is -0.754. The third-order valence-corrected chi connectivity index (χ3v) is 4.06. The zero-order chi connectivity index (χ0) is 17.6. The number of aliphatic hydroxyl groups excluding tert-OH is 3. The second-order valence-electron chi connectivity index (χ2n) is 5.21. The molecule has 3 rings (SSSR count). The van der Waals surface area contributed by atoms with Gasteiger partial charge in [0.1, 0.15) is 36.5 Å². The van der Waals surface area contributed by atoms with Crippen molar-refractivity contribution in [3.8, 4) is 0 Å². The van der Waals surface area contributed by atoms with Gasteiger partial charge in [-0.2, -0.15) is 4.62 Å². The number of rotatable bonds is 4. The van der Waals surface area contributed by atoms with Crippen molar-refractivity contribution in [1.82, 2.24) is 14.6 Å². The molecule has 3 heterocycles. The average Bonchev–Trinajstić information content (AvgIpc) is 3.04. The topological polar surface area (TPSA) is 194 Å². The van der Waals surface area contributed by atoms with Crippen molar-refractivity contribution in [1.29, 1.82) is 5.41 Å². The first-order valence-corrected chi connectivity index (χ1v) is 8.31. The highest BCUT2D eigenvalue weighted by Gasteiger charge is 2.45. The van der Waals surface area contributed by atoms with Crippen LogP contribution >= 0.6 is 7.82 Å². The first-order chi connectivity index (χ1) is 11.2. The summed E-state index contributed by atoms with van der Waals surface area (Å²) < 4.78 is 22.0. The molecule has 1 aromatic rings. The van der Waals surface area contributed by atoms with Crippen molar-refractivity contribution in [3.63, 3.8) is 0 Å². The number of imidazole rings is 1. The molecule has 0 spiro atoms. The summed E-state index contributed by atoms with van der Waals surface area (Å²) in [5, 5.41) is 40.3. The maximum absolute atomic E-state index is 10.9. The smallest absolute Gasteiger partial charge is 0.394 e. The number of fused-ring (bicyclic) bond motifs is 1. The number of aliphatic hydroxyl groups is 3. The fraction of sp³-hybridized carbons (Fsp3) is 0.600. The van der Waals surface area contributed by atoms with Crippen LogP contribution in [0.15, 0.2) is 6.33 Å². The van der Waals surface area contributed by atoms with Gasteiger partial charge in [0.25, 0.3) is 0 Å². The van der Waals surface area contributed by atoms with Gasteiger partial charge >= 0.3 is 7.82 Å². The number of hydrogen-bond acceptors (Lipinski definition) is 9. The Hall–Kier alpha value is -1.57. The van der Waals surface area contributed by atoms with Gasteiger partial charge in [-0.1, -0.05) is 0 Å². The lowest BCUT2D eigenvalue weighted by Gasteiger charge is -2.29. The predicted octanol–water partition coefficient (Wildman–Crippen LogP) is -2.47. The Kier molecular flexibility index (Phi) is 4.36. The van der Waals surface area contributed by atoms with Crippen molar-refractivity contribution < 1.29 is 39.0 Å². The standard InChI is InChI=1S/C10H16N5O8P/c11-8-5-9(13-3-15(8)23-24(19,20)21)14(2-12-5)10-7(18)6(17)4(1-16)22-10/h2,4,6-7,10-11,13,16-18H,1,3H2,(H2,19,20,21)/t4-,6-,7-,10-/m1/s1. The number of hydrogen-bond donors (Lipinski definition) is 7. The zero-order valence-corrected chi connectivity index (χ0v) is 12.9. The van der Waals surface area contributed by atoms with E-state index in [0.717, 1.165) is 0 Å². The normalized spacial score (nSPS) is 30.4. The molecule has 24 heavy (non-hydrogen) atoms. The fourth-order valence-corrected chi connectivity index (χ4v) is 2.95. The molecule has 0 saturated carbocycles.